The number of rotatable bonds is 8. The molecule has 5 rings (SSSR count). The van der Waals surface area contributed by atoms with E-state index >= 15 is 0 Å². The minimum atomic E-state index is -1.23. The van der Waals surface area contributed by atoms with E-state index in [9.17, 15) is 18.8 Å². The van der Waals surface area contributed by atoms with E-state index in [-0.39, 0.29) is 36.6 Å². The third-order valence-corrected chi connectivity index (χ3v) is 7.68. The predicted octanol–water partition coefficient (Wildman–Crippen LogP) is 4.76. The number of pyridine rings is 1. The number of carbonyl (C=O) groups excluding carboxylic acids is 3. The molecule has 3 atom stereocenters. The fraction of sp³-hybridized carbons (Fsp3) is 0.273. The van der Waals surface area contributed by atoms with Crippen molar-refractivity contribution in [2.45, 2.75) is 32.1 Å². The Morgan fingerprint density at radius 3 is 2.44 bits per heavy atom. The smallest absolute Gasteiger partial charge is 0.338 e. The lowest BCUT2D eigenvalue weighted by Crippen LogP contribution is -2.46. The third kappa shape index (κ3) is 5.48. The van der Waals surface area contributed by atoms with Crippen LogP contribution in [0.25, 0.3) is 0 Å². The summed E-state index contributed by atoms with van der Waals surface area (Å²) in [5, 5.41) is 0. The number of allylic oxidation sites excluding steroid dienone is 2. The summed E-state index contributed by atoms with van der Waals surface area (Å²) < 4.78 is 30.9. The second-order valence-electron chi connectivity index (χ2n) is 10.1. The standard InChI is InChI=1S/C33H32FN3O6/c1-4-42-32(39)27-24(19-9-6-13-23(15-19)41-3)17-25-28(30(27)38)26(20-10-8-14-36-18-20)29(33(40)43-5-2)31(35)37(25)22-12-7-11-21(34)16-22/h6-16,18,24,26-27H,4-5,17,35H2,1-3H3/t24-,26-,27-/m0/s1. The van der Waals surface area contributed by atoms with Crippen molar-refractivity contribution in [2.75, 3.05) is 25.2 Å². The Balaban J connectivity index is 1.82. The van der Waals surface area contributed by atoms with Crippen LogP contribution in [0.4, 0.5) is 10.1 Å². The number of ketones is 1. The summed E-state index contributed by atoms with van der Waals surface area (Å²) >= 11 is 0. The molecule has 1 aliphatic carbocycles. The normalized spacial score (nSPS) is 20.0. The van der Waals surface area contributed by atoms with Gasteiger partial charge in [-0.25, -0.2) is 9.18 Å². The Hall–Kier alpha value is -4.99. The van der Waals surface area contributed by atoms with Crippen LogP contribution >= 0.6 is 0 Å². The van der Waals surface area contributed by atoms with E-state index in [1.165, 1.54) is 30.2 Å². The van der Waals surface area contributed by atoms with E-state index in [0.29, 0.717) is 28.3 Å². The first kappa shape index (κ1) is 29.5. The van der Waals surface area contributed by atoms with Gasteiger partial charge in [-0.05, 0) is 67.8 Å². The van der Waals surface area contributed by atoms with Gasteiger partial charge in [0.15, 0.2) is 5.78 Å². The van der Waals surface area contributed by atoms with Gasteiger partial charge in [-0.15, -0.1) is 0 Å². The van der Waals surface area contributed by atoms with Crippen molar-refractivity contribution in [2.24, 2.45) is 11.7 Å². The van der Waals surface area contributed by atoms with Crippen LogP contribution in [0.15, 0.2) is 95.7 Å². The van der Waals surface area contributed by atoms with Gasteiger partial charge < -0.3 is 19.9 Å². The summed E-state index contributed by atoms with van der Waals surface area (Å²) in [5.74, 6) is -4.86. The van der Waals surface area contributed by atoms with Crippen molar-refractivity contribution in [1.29, 1.82) is 0 Å². The van der Waals surface area contributed by atoms with Crippen molar-refractivity contribution in [3.63, 3.8) is 0 Å². The molecule has 0 spiro atoms. The van der Waals surface area contributed by atoms with Crippen molar-refractivity contribution >= 4 is 23.4 Å². The van der Waals surface area contributed by atoms with Gasteiger partial charge in [0.25, 0.3) is 0 Å². The van der Waals surface area contributed by atoms with Gasteiger partial charge in [0, 0.05) is 29.6 Å². The van der Waals surface area contributed by atoms with Crippen LogP contribution in [0.2, 0.25) is 0 Å². The molecule has 2 aliphatic rings. The molecule has 9 nitrogen and oxygen atoms in total. The number of hydrogen-bond donors (Lipinski definition) is 1. The van der Waals surface area contributed by atoms with Crippen LogP contribution in [-0.2, 0) is 23.9 Å². The highest BCUT2D eigenvalue weighted by atomic mass is 19.1. The molecule has 3 aromatic rings. The molecule has 10 heteroatoms. The average Bonchev–Trinajstić information content (AvgIpc) is 3.01. The lowest BCUT2D eigenvalue weighted by molar-refractivity contribution is -0.152. The third-order valence-electron chi connectivity index (χ3n) is 7.68. The average molecular weight is 586 g/mol. The number of esters is 2. The highest BCUT2D eigenvalue weighted by Crippen LogP contribution is 2.51. The number of Topliss-reactive ketones (excluding diaryl/α,β-unsaturated/α-hetero) is 1. The minimum absolute atomic E-state index is 0.00588. The fourth-order valence-corrected chi connectivity index (χ4v) is 5.91. The molecule has 43 heavy (non-hydrogen) atoms. The molecule has 0 saturated carbocycles. The highest BCUT2D eigenvalue weighted by molar-refractivity contribution is 6.14. The second-order valence-corrected chi connectivity index (χ2v) is 10.1. The number of hydrogen-bond acceptors (Lipinski definition) is 9. The summed E-state index contributed by atoms with van der Waals surface area (Å²) in [6, 6.07) is 16.3. The molecule has 2 N–H and O–H groups in total. The summed E-state index contributed by atoms with van der Waals surface area (Å²) in [6.45, 7) is 3.45. The molecule has 222 valence electrons. The Morgan fingerprint density at radius 2 is 1.77 bits per heavy atom. The molecule has 2 aromatic carbocycles. The molecular weight excluding hydrogens is 553 g/mol. The van der Waals surface area contributed by atoms with Crippen molar-refractivity contribution < 1.29 is 33.0 Å². The van der Waals surface area contributed by atoms with Gasteiger partial charge in [-0.1, -0.05) is 24.3 Å². The lowest BCUT2D eigenvalue weighted by atomic mass is 9.67. The highest BCUT2D eigenvalue weighted by Gasteiger charge is 2.51. The van der Waals surface area contributed by atoms with E-state index in [1.807, 2.05) is 6.07 Å². The molecule has 2 heterocycles. The van der Waals surface area contributed by atoms with Crippen LogP contribution < -0.4 is 15.4 Å². The SMILES string of the molecule is CCOC(=O)C1=C(N)N(c2cccc(F)c2)C2=C(C(=O)[C@@H](C(=O)OCC)[C@H](c3cccc(OC)c3)C2)[C@@H]1c1cccnc1. The van der Waals surface area contributed by atoms with Gasteiger partial charge in [0.05, 0.1) is 37.5 Å². The first-order valence-corrected chi connectivity index (χ1v) is 14.0. The Bertz CT molecular complexity index is 1620. The van der Waals surface area contributed by atoms with Gasteiger partial charge in [0.1, 0.15) is 23.3 Å². The van der Waals surface area contributed by atoms with E-state index < -0.39 is 41.3 Å². The molecule has 0 unspecified atom stereocenters. The first-order valence-electron chi connectivity index (χ1n) is 14.0. The molecule has 0 radical (unpaired) electrons. The number of benzene rings is 2. The zero-order valence-corrected chi connectivity index (χ0v) is 24.1. The Labute approximate surface area is 248 Å². The number of nitrogens with zero attached hydrogens (tertiary/aromatic N) is 2. The number of aromatic nitrogens is 1. The Kier molecular flexibility index (Phi) is 8.56. The maximum absolute atomic E-state index is 14.7. The van der Waals surface area contributed by atoms with E-state index in [2.05, 4.69) is 4.98 Å². The molecule has 0 amide bonds. The van der Waals surface area contributed by atoms with E-state index in [1.54, 1.807) is 62.6 Å². The zero-order chi connectivity index (χ0) is 30.7. The largest absolute Gasteiger partial charge is 0.497 e. The fourth-order valence-electron chi connectivity index (χ4n) is 5.91. The Morgan fingerprint density at radius 1 is 1.02 bits per heavy atom. The molecule has 1 aliphatic heterocycles. The molecule has 0 fully saturated rings. The number of methoxy groups -OCH3 is 1. The monoisotopic (exact) mass is 585 g/mol. The lowest BCUT2D eigenvalue weighted by Gasteiger charge is -2.44. The number of anilines is 1. The summed E-state index contributed by atoms with van der Waals surface area (Å²) in [6.07, 6.45) is 3.25. The zero-order valence-electron chi connectivity index (χ0n) is 24.1. The van der Waals surface area contributed by atoms with Crippen LogP contribution in [0, 0.1) is 11.7 Å². The van der Waals surface area contributed by atoms with E-state index in [4.69, 9.17) is 19.9 Å². The summed E-state index contributed by atoms with van der Waals surface area (Å²) in [4.78, 5) is 47.6. The summed E-state index contributed by atoms with van der Waals surface area (Å²) in [5.41, 5.74) is 8.89. The number of halogens is 1. The van der Waals surface area contributed by atoms with Crippen LogP contribution in [0.5, 0.6) is 5.75 Å². The van der Waals surface area contributed by atoms with Gasteiger partial charge in [0.2, 0.25) is 0 Å². The molecule has 1 aromatic heterocycles. The first-order chi connectivity index (χ1) is 20.8. The summed E-state index contributed by atoms with van der Waals surface area (Å²) in [7, 11) is 1.53. The quantitative estimate of drug-likeness (QED) is 0.295. The molecular formula is C33H32FN3O6. The predicted molar refractivity (Wildman–Crippen MR) is 156 cm³/mol. The minimum Gasteiger partial charge on any atom is -0.497 e. The van der Waals surface area contributed by atoms with Crippen LogP contribution in [-0.4, -0.2) is 43.0 Å². The topological polar surface area (TPSA) is 121 Å². The van der Waals surface area contributed by atoms with Crippen molar-refractivity contribution in [3.8, 4) is 5.75 Å². The van der Waals surface area contributed by atoms with Gasteiger partial charge >= 0.3 is 11.9 Å². The van der Waals surface area contributed by atoms with E-state index in [0.717, 1.165) is 0 Å². The number of ether oxygens (including phenoxy) is 3. The van der Waals surface area contributed by atoms with Crippen molar-refractivity contribution in [1.82, 2.24) is 4.98 Å². The van der Waals surface area contributed by atoms with Gasteiger partial charge in [-0.3, -0.25) is 19.5 Å². The second kappa shape index (κ2) is 12.5. The molecule has 0 bridgehead atoms. The maximum Gasteiger partial charge on any atom is 0.338 e. The van der Waals surface area contributed by atoms with Crippen LogP contribution in [0.3, 0.4) is 0 Å². The van der Waals surface area contributed by atoms with Gasteiger partial charge in [-0.2, -0.15) is 0 Å². The van der Waals surface area contributed by atoms with Crippen molar-refractivity contribution in [3.05, 3.63) is 113 Å². The van der Waals surface area contributed by atoms with Crippen LogP contribution in [0.1, 0.15) is 43.2 Å². The number of nitrogens with two attached hydrogens (primary N) is 1. The maximum atomic E-state index is 14.7. The number of carbonyl (C=O) groups is 3. The molecule has 0 saturated heterocycles.